The monoisotopic (exact) mass is 479 g/mol. The normalized spacial score (nSPS) is 11.9. The third-order valence-electron chi connectivity index (χ3n) is 5.39. The van der Waals surface area contributed by atoms with E-state index in [9.17, 15) is 17.2 Å². The van der Waals surface area contributed by atoms with Gasteiger partial charge in [-0.25, -0.2) is 21.7 Å². The summed E-state index contributed by atoms with van der Waals surface area (Å²) >= 11 is 0. The summed E-state index contributed by atoms with van der Waals surface area (Å²) in [5.41, 5.74) is 4.83. The van der Waals surface area contributed by atoms with Gasteiger partial charge in [0.2, 0.25) is 0 Å². The zero-order chi connectivity index (χ0) is 24.0. The molecule has 10 heteroatoms. The number of pyridine rings is 1. The van der Waals surface area contributed by atoms with Gasteiger partial charge >= 0.3 is 0 Å². The Kier molecular flexibility index (Phi) is 5.24. The van der Waals surface area contributed by atoms with Gasteiger partial charge in [0, 0.05) is 42.3 Å². The van der Waals surface area contributed by atoms with Crippen molar-refractivity contribution in [1.82, 2.24) is 24.6 Å². The molecule has 0 N–H and O–H groups in total. The van der Waals surface area contributed by atoms with Crippen molar-refractivity contribution in [2.24, 2.45) is 7.05 Å². The number of aryl methyl sites for hydroxylation is 1. The van der Waals surface area contributed by atoms with Crippen molar-refractivity contribution in [3.05, 3.63) is 84.3 Å². The smallest absolute Gasteiger partial charge is 0.151 e. The van der Waals surface area contributed by atoms with Crippen molar-refractivity contribution in [3.8, 4) is 33.5 Å². The van der Waals surface area contributed by atoms with Crippen LogP contribution in [0.4, 0.5) is 8.78 Å². The third kappa shape index (κ3) is 4.32. The summed E-state index contributed by atoms with van der Waals surface area (Å²) in [6.45, 7) is 0. The lowest BCUT2D eigenvalue weighted by atomic mass is 9.96. The summed E-state index contributed by atoms with van der Waals surface area (Å²) < 4.78 is 55.3. The first kappa shape index (κ1) is 21.9. The molecule has 3 aromatic heterocycles. The molecule has 0 saturated carbocycles. The second-order valence-corrected chi connectivity index (χ2v) is 10.3. The van der Waals surface area contributed by atoms with E-state index in [0.29, 0.717) is 22.4 Å². The van der Waals surface area contributed by atoms with Gasteiger partial charge in [-0.3, -0.25) is 4.68 Å². The molecule has 0 radical (unpaired) electrons. The van der Waals surface area contributed by atoms with Crippen LogP contribution in [0.3, 0.4) is 0 Å². The summed E-state index contributed by atoms with van der Waals surface area (Å²) in [6, 6.07) is 12.2. The molecule has 7 nitrogen and oxygen atoms in total. The summed E-state index contributed by atoms with van der Waals surface area (Å²) in [4.78, 5) is 0. The molecule has 2 aromatic carbocycles. The first-order valence-electron chi connectivity index (χ1n) is 10.3. The Balaban J connectivity index is 1.65. The predicted octanol–water partition coefficient (Wildman–Crippen LogP) is 4.29. The molecule has 0 atom stereocenters. The van der Waals surface area contributed by atoms with E-state index < -0.39 is 21.5 Å². The van der Waals surface area contributed by atoms with E-state index in [4.69, 9.17) is 0 Å². The van der Waals surface area contributed by atoms with Crippen molar-refractivity contribution in [2.45, 2.75) is 5.75 Å². The number of hydrogen-bond acceptors (Lipinski definition) is 5. The molecular formula is C24H19F2N5O2S. The molecule has 0 spiro atoms. The highest BCUT2D eigenvalue weighted by atomic mass is 32.2. The van der Waals surface area contributed by atoms with Gasteiger partial charge < -0.3 is 0 Å². The molecule has 34 heavy (non-hydrogen) atoms. The van der Waals surface area contributed by atoms with Crippen LogP contribution in [0.15, 0.2) is 67.1 Å². The summed E-state index contributed by atoms with van der Waals surface area (Å²) in [5, 5.41) is 12.5. The molecule has 0 bridgehead atoms. The molecule has 0 unspecified atom stereocenters. The van der Waals surface area contributed by atoms with Crippen LogP contribution < -0.4 is 0 Å². The van der Waals surface area contributed by atoms with Crippen LogP contribution >= 0.6 is 0 Å². The molecule has 5 rings (SSSR count). The Bertz CT molecular complexity index is 1660. The number of benzene rings is 2. The van der Waals surface area contributed by atoms with Gasteiger partial charge in [-0.1, -0.05) is 5.21 Å². The van der Waals surface area contributed by atoms with Gasteiger partial charge in [0.25, 0.3) is 0 Å². The first-order chi connectivity index (χ1) is 16.2. The van der Waals surface area contributed by atoms with Crippen LogP contribution in [0.25, 0.3) is 39.0 Å². The number of nitrogens with zero attached hydrogens (tertiary/aromatic N) is 5. The maximum atomic E-state index is 14.6. The quantitative estimate of drug-likeness (QED) is 0.376. The zero-order valence-corrected chi connectivity index (χ0v) is 19.1. The molecule has 0 amide bonds. The lowest BCUT2D eigenvalue weighted by Gasteiger charge is -2.11. The van der Waals surface area contributed by atoms with E-state index in [2.05, 4.69) is 15.4 Å². The molecular weight excluding hydrogens is 460 g/mol. The lowest BCUT2D eigenvalue weighted by Crippen LogP contribution is -2.01. The van der Waals surface area contributed by atoms with Crippen molar-refractivity contribution < 1.29 is 17.2 Å². The highest BCUT2D eigenvalue weighted by Gasteiger charge is 2.15. The van der Waals surface area contributed by atoms with Crippen LogP contribution in [0, 0.1) is 11.6 Å². The van der Waals surface area contributed by atoms with Crippen molar-refractivity contribution in [2.75, 3.05) is 6.26 Å². The summed E-state index contributed by atoms with van der Waals surface area (Å²) in [5.74, 6) is -1.63. The van der Waals surface area contributed by atoms with Gasteiger partial charge in [-0.15, -0.1) is 5.10 Å². The van der Waals surface area contributed by atoms with Crippen molar-refractivity contribution >= 4 is 15.4 Å². The number of rotatable bonds is 5. The molecule has 3 heterocycles. The molecule has 0 aliphatic carbocycles. The highest BCUT2D eigenvalue weighted by Crippen LogP contribution is 2.33. The number of aromatic nitrogens is 5. The number of hydrogen-bond donors (Lipinski definition) is 0. The van der Waals surface area contributed by atoms with E-state index in [1.54, 1.807) is 46.8 Å². The molecule has 172 valence electrons. The highest BCUT2D eigenvalue weighted by molar-refractivity contribution is 7.89. The van der Waals surface area contributed by atoms with Gasteiger partial charge in [-0.05, 0) is 59.2 Å². The van der Waals surface area contributed by atoms with Crippen LogP contribution in [0.2, 0.25) is 0 Å². The van der Waals surface area contributed by atoms with Crippen LogP contribution in [-0.2, 0) is 22.6 Å². The SMILES string of the molecule is Cn1cc(-c2ccc3c(-c4cc(CS(C)(=O)=O)cc(-c5ccc(F)cc5F)c4)cnn3c2)nn1. The van der Waals surface area contributed by atoms with Gasteiger partial charge in [0.15, 0.2) is 9.84 Å². The Morgan fingerprint density at radius 1 is 0.912 bits per heavy atom. The number of sulfone groups is 1. The molecule has 0 fully saturated rings. The summed E-state index contributed by atoms with van der Waals surface area (Å²) in [7, 11) is -1.56. The second-order valence-electron chi connectivity index (χ2n) is 8.20. The Labute approximate surface area is 194 Å². The molecule has 5 aromatic rings. The van der Waals surface area contributed by atoms with E-state index in [1.165, 1.54) is 12.1 Å². The van der Waals surface area contributed by atoms with Crippen LogP contribution in [0.1, 0.15) is 5.56 Å². The van der Waals surface area contributed by atoms with E-state index in [0.717, 1.165) is 29.0 Å². The maximum Gasteiger partial charge on any atom is 0.151 e. The minimum Gasteiger partial charge on any atom is -0.255 e. The van der Waals surface area contributed by atoms with E-state index in [-0.39, 0.29) is 11.3 Å². The maximum absolute atomic E-state index is 14.6. The zero-order valence-electron chi connectivity index (χ0n) is 18.3. The fourth-order valence-corrected chi connectivity index (χ4v) is 4.72. The van der Waals surface area contributed by atoms with Gasteiger partial charge in [-0.2, -0.15) is 5.10 Å². The average molecular weight is 480 g/mol. The predicted molar refractivity (Wildman–Crippen MR) is 125 cm³/mol. The minimum atomic E-state index is -3.34. The standard InChI is InChI=1S/C24H19F2N5O2S/c1-30-13-23(28-29-30)16-3-6-24-21(11-27-31(24)12-16)18-8-15(14-34(2,32)33)7-17(9-18)20-5-4-19(25)10-22(20)26/h3-13H,14H2,1-2H3. The molecule has 0 saturated heterocycles. The van der Waals surface area contributed by atoms with Crippen molar-refractivity contribution in [3.63, 3.8) is 0 Å². The number of fused-ring (bicyclic) bond motifs is 1. The van der Waals surface area contributed by atoms with Gasteiger partial charge in [0.05, 0.1) is 23.7 Å². The fourth-order valence-electron chi connectivity index (χ4n) is 3.95. The molecule has 0 aliphatic rings. The van der Waals surface area contributed by atoms with Crippen molar-refractivity contribution in [1.29, 1.82) is 0 Å². The fraction of sp³-hybridized carbons (Fsp3) is 0.125. The van der Waals surface area contributed by atoms with E-state index in [1.807, 2.05) is 18.3 Å². The third-order valence-corrected chi connectivity index (χ3v) is 6.25. The van der Waals surface area contributed by atoms with Gasteiger partial charge in [0.1, 0.15) is 17.3 Å². The van der Waals surface area contributed by atoms with Crippen LogP contribution in [-0.4, -0.2) is 39.3 Å². The average Bonchev–Trinajstić information content (AvgIpc) is 3.38. The topological polar surface area (TPSA) is 82.2 Å². The Morgan fingerprint density at radius 3 is 2.35 bits per heavy atom. The summed E-state index contributed by atoms with van der Waals surface area (Å²) in [6.07, 6.45) is 6.43. The first-order valence-corrected chi connectivity index (χ1v) is 12.3. The molecule has 0 aliphatic heterocycles. The Morgan fingerprint density at radius 2 is 1.68 bits per heavy atom. The lowest BCUT2D eigenvalue weighted by molar-refractivity contribution is 0.585. The van der Waals surface area contributed by atoms with Crippen LogP contribution in [0.5, 0.6) is 0 Å². The Hall–Kier alpha value is -3.92. The second kappa shape index (κ2) is 8.14. The minimum absolute atomic E-state index is 0.180. The largest absolute Gasteiger partial charge is 0.255 e. The van der Waals surface area contributed by atoms with E-state index >= 15 is 0 Å². The number of halogens is 2.